The average molecular weight is 494 g/mol. The van der Waals surface area contributed by atoms with Crippen LogP contribution in [-0.2, 0) is 5.85 Å². The van der Waals surface area contributed by atoms with E-state index in [1.807, 2.05) is 0 Å². The summed E-state index contributed by atoms with van der Waals surface area (Å²) in [5.74, 6) is -3.60. The highest BCUT2D eigenvalue weighted by Crippen LogP contribution is 2.41. The first-order valence-electron chi connectivity index (χ1n) is 10.0. The maximum atomic E-state index is 15.5. The molecule has 1 aliphatic heterocycles. The van der Waals surface area contributed by atoms with E-state index in [9.17, 15) is 9.50 Å². The molecule has 0 amide bonds. The van der Waals surface area contributed by atoms with Gasteiger partial charge in [-0.15, -0.1) is 0 Å². The summed E-state index contributed by atoms with van der Waals surface area (Å²) in [4.78, 5) is 4.08. The van der Waals surface area contributed by atoms with Gasteiger partial charge in [-0.05, 0) is 31.2 Å². The van der Waals surface area contributed by atoms with Crippen LogP contribution < -0.4 is 15.8 Å². The quantitative estimate of drug-likeness (QED) is 0.368. The van der Waals surface area contributed by atoms with Crippen LogP contribution in [0.1, 0.15) is 31.4 Å². The lowest BCUT2D eigenvalue weighted by Gasteiger charge is -2.35. The van der Waals surface area contributed by atoms with E-state index in [1.54, 1.807) is 17.1 Å². The van der Waals surface area contributed by atoms with Crippen molar-refractivity contribution in [2.45, 2.75) is 37.3 Å². The Hall–Kier alpha value is -2.40. The number of ether oxygens (including phenoxy) is 1. The summed E-state index contributed by atoms with van der Waals surface area (Å²) in [6, 6.07) is 3.60. The van der Waals surface area contributed by atoms with Gasteiger partial charge in [-0.25, -0.2) is 9.37 Å². The normalized spacial score (nSPS) is 22.7. The molecule has 4 rings (SSSR count). The molecule has 0 aliphatic carbocycles. The summed E-state index contributed by atoms with van der Waals surface area (Å²) in [6.07, 6.45) is 5.85. The van der Waals surface area contributed by atoms with Gasteiger partial charge in [0.15, 0.2) is 11.6 Å². The summed E-state index contributed by atoms with van der Waals surface area (Å²) < 4.78 is 36.6. The Morgan fingerprint density at radius 2 is 2.12 bits per heavy atom. The molecule has 3 heterocycles. The number of hydrogen-bond acceptors (Lipinski definition) is 6. The van der Waals surface area contributed by atoms with Gasteiger partial charge in [-0.1, -0.05) is 23.2 Å². The number of piperidine rings is 1. The van der Waals surface area contributed by atoms with E-state index in [0.29, 0.717) is 17.7 Å². The van der Waals surface area contributed by atoms with Gasteiger partial charge in [0.2, 0.25) is 0 Å². The molecule has 12 heteroatoms. The molecule has 1 aliphatic rings. The zero-order chi connectivity index (χ0) is 24.0. The number of aromatic nitrogens is 3. The second-order valence-electron chi connectivity index (χ2n) is 8.05. The number of nitrogen functional groups attached to an aromatic ring is 1. The maximum Gasteiger partial charge on any atom is 0.274 e. The number of pyridine rings is 1. The van der Waals surface area contributed by atoms with Crippen LogP contribution in [-0.4, -0.2) is 39.9 Å². The van der Waals surface area contributed by atoms with Crippen molar-refractivity contribution in [2.24, 2.45) is 0 Å². The van der Waals surface area contributed by atoms with Gasteiger partial charge in [0.1, 0.15) is 13.7 Å². The minimum atomic E-state index is -2.60. The van der Waals surface area contributed by atoms with E-state index in [0.717, 1.165) is 19.4 Å². The minimum Gasteiger partial charge on any atom is -0.450 e. The van der Waals surface area contributed by atoms with Crippen LogP contribution in [0.5, 0.6) is 5.75 Å². The molecule has 0 spiro atoms. The van der Waals surface area contributed by atoms with Gasteiger partial charge in [0.25, 0.3) is 5.85 Å². The molecule has 172 valence electrons. The summed E-state index contributed by atoms with van der Waals surface area (Å²) in [7, 11) is 5.78. The third kappa shape index (κ3) is 4.94. The van der Waals surface area contributed by atoms with Crippen molar-refractivity contribution in [1.29, 1.82) is 0 Å². The smallest absolute Gasteiger partial charge is 0.274 e. The Morgan fingerprint density at radius 3 is 2.85 bits per heavy atom. The van der Waals surface area contributed by atoms with E-state index in [4.69, 9.17) is 41.5 Å². The number of nitrogens with two attached hydrogens (primary N) is 1. The predicted octanol–water partition coefficient (Wildman–Crippen LogP) is 3.93. The first-order chi connectivity index (χ1) is 15.5. The minimum absolute atomic E-state index is 0.0785. The highest BCUT2D eigenvalue weighted by atomic mass is 35.5. The van der Waals surface area contributed by atoms with Crippen LogP contribution >= 0.6 is 23.2 Å². The van der Waals surface area contributed by atoms with Crippen molar-refractivity contribution in [1.82, 2.24) is 20.1 Å². The van der Waals surface area contributed by atoms with Gasteiger partial charge in [0.05, 0.1) is 33.5 Å². The van der Waals surface area contributed by atoms with Crippen molar-refractivity contribution < 1.29 is 18.6 Å². The highest BCUT2D eigenvalue weighted by Gasteiger charge is 2.35. The highest BCUT2D eigenvalue weighted by molar-refractivity contribution is 6.36. The van der Waals surface area contributed by atoms with Gasteiger partial charge >= 0.3 is 0 Å². The first kappa shape index (κ1) is 23.8. The van der Waals surface area contributed by atoms with Crippen molar-refractivity contribution in [3.63, 3.8) is 0 Å². The van der Waals surface area contributed by atoms with Gasteiger partial charge < -0.3 is 15.6 Å². The molecule has 1 saturated heterocycles. The monoisotopic (exact) mass is 493 g/mol. The fraction of sp³-hybridized carbons (Fsp3) is 0.333. The molecule has 3 aromatic rings. The zero-order valence-corrected chi connectivity index (χ0v) is 19.0. The lowest BCUT2D eigenvalue weighted by atomic mass is 9.81. The van der Waals surface area contributed by atoms with Crippen LogP contribution in [0.2, 0.25) is 10.0 Å². The number of alkyl halides is 1. The second-order valence-corrected chi connectivity index (χ2v) is 8.84. The maximum absolute atomic E-state index is 15.5. The largest absolute Gasteiger partial charge is 0.450 e. The average Bonchev–Trinajstić information content (AvgIpc) is 3.22. The number of rotatable bonds is 5. The van der Waals surface area contributed by atoms with Gasteiger partial charge in [0, 0.05) is 36.9 Å². The summed E-state index contributed by atoms with van der Waals surface area (Å²) in [5, 5.41) is 16.7. The Bertz CT molecular complexity index is 1190. The molecule has 1 aromatic carbocycles. The number of aliphatic hydroxyl groups is 1. The number of halogens is 4. The number of nitrogens with zero attached hydrogens (tertiary/aromatic N) is 3. The van der Waals surface area contributed by atoms with E-state index < -0.39 is 22.3 Å². The molecule has 0 saturated carbocycles. The fourth-order valence-corrected chi connectivity index (χ4v) is 4.50. The van der Waals surface area contributed by atoms with Crippen LogP contribution in [0.3, 0.4) is 0 Å². The van der Waals surface area contributed by atoms with Crippen molar-refractivity contribution in [3.8, 4) is 16.9 Å². The number of nitrogens with one attached hydrogen (secondary N) is 1. The standard InChI is InChI=1S/C21H20BCl2F2N5O2/c1-20(26,17-14(23)2-3-15(25)18(17)24)33-16-6-11(8-28-19(16)27)12-9-30-31(10-12)13-4-5-29-21(22,32)7-13/h2-3,6,8-10,13,29,32H,4-5,7H2,1H3,(H2,27,28)/t13?,20-,21?/m1/s1. The van der Waals surface area contributed by atoms with Crippen molar-refractivity contribution in [3.05, 3.63) is 58.2 Å². The van der Waals surface area contributed by atoms with E-state index in [-0.39, 0.29) is 34.6 Å². The summed E-state index contributed by atoms with van der Waals surface area (Å²) in [6.45, 7) is 1.59. The Morgan fingerprint density at radius 1 is 1.36 bits per heavy atom. The molecular weight excluding hydrogens is 474 g/mol. The molecule has 7 nitrogen and oxygen atoms in total. The van der Waals surface area contributed by atoms with E-state index in [2.05, 4.69) is 15.4 Å². The predicted molar refractivity (Wildman–Crippen MR) is 122 cm³/mol. The third-order valence-corrected chi connectivity index (χ3v) is 6.12. The Balaban J connectivity index is 1.62. The van der Waals surface area contributed by atoms with E-state index in [1.165, 1.54) is 18.3 Å². The molecule has 2 unspecified atom stereocenters. The molecule has 1 fully saturated rings. The number of anilines is 1. The van der Waals surface area contributed by atoms with E-state index >= 15 is 4.39 Å². The zero-order valence-electron chi connectivity index (χ0n) is 17.5. The number of benzene rings is 1. The molecule has 0 bridgehead atoms. The van der Waals surface area contributed by atoms with Crippen LogP contribution in [0, 0.1) is 5.82 Å². The number of hydrogen-bond donors (Lipinski definition) is 3. The first-order valence-corrected chi connectivity index (χ1v) is 10.8. The van der Waals surface area contributed by atoms with Crippen molar-refractivity contribution in [2.75, 3.05) is 12.3 Å². The summed E-state index contributed by atoms with van der Waals surface area (Å²) >= 11 is 12.0. The molecule has 33 heavy (non-hydrogen) atoms. The lowest BCUT2D eigenvalue weighted by Crippen LogP contribution is -2.51. The Kier molecular flexibility index (Phi) is 6.30. The molecule has 4 N–H and O–H groups in total. The molecule has 2 aromatic heterocycles. The Labute approximate surface area is 200 Å². The van der Waals surface area contributed by atoms with Crippen LogP contribution in [0.25, 0.3) is 11.1 Å². The topological polar surface area (TPSA) is 98.2 Å². The second kappa shape index (κ2) is 8.75. The third-order valence-electron chi connectivity index (χ3n) is 5.44. The molecule has 3 atom stereocenters. The van der Waals surface area contributed by atoms with Crippen LogP contribution in [0.4, 0.5) is 14.6 Å². The van der Waals surface area contributed by atoms with Gasteiger partial charge in [-0.3, -0.25) is 10.00 Å². The lowest BCUT2D eigenvalue weighted by molar-refractivity contribution is -0.0500. The molecular formula is C21H20BCl2F2N5O2. The van der Waals surface area contributed by atoms with Crippen molar-refractivity contribution >= 4 is 36.9 Å². The van der Waals surface area contributed by atoms with Gasteiger partial charge in [-0.2, -0.15) is 9.49 Å². The summed E-state index contributed by atoms with van der Waals surface area (Å²) in [5.41, 5.74) is 5.28. The SMILES string of the molecule is [B]C1(O)CC(n2cc(-c3cnc(N)c(O[C@@](C)(F)c4c(Cl)ccc(F)c4Cl)c3)cn2)CCN1. The van der Waals surface area contributed by atoms with Crippen LogP contribution in [0.15, 0.2) is 36.8 Å². The molecule has 2 radical (unpaired) electrons. The fourth-order valence-electron chi connectivity index (χ4n) is 3.79.